The molecule has 0 N–H and O–H groups in total. The summed E-state index contributed by atoms with van der Waals surface area (Å²) in [5, 5.41) is 0. The Morgan fingerprint density at radius 1 is 0.966 bits per heavy atom. The third-order valence-electron chi connectivity index (χ3n) is 4.48. The van der Waals surface area contributed by atoms with Crippen LogP contribution in [0, 0.1) is 5.82 Å². The lowest BCUT2D eigenvalue weighted by Crippen LogP contribution is -2.52. The topological polar surface area (TPSA) is 76.2 Å². The summed E-state index contributed by atoms with van der Waals surface area (Å²) < 4.78 is 24.7. The third-order valence-corrected chi connectivity index (χ3v) is 4.48. The number of methoxy groups -OCH3 is 1. The Labute approximate surface area is 166 Å². The number of carbonyl (C=O) groups is 3. The molecule has 0 saturated carbocycles. The highest BCUT2D eigenvalue weighted by Gasteiger charge is 2.37. The van der Waals surface area contributed by atoms with Gasteiger partial charge in [-0.2, -0.15) is 0 Å². The summed E-state index contributed by atoms with van der Waals surface area (Å²) in [4.78, 5) is 38.2. The molecule has 0 unspecified atom stereocenters. The van der Waals surface area contributed by atoms with Crippen molar-refractivity contribution >= 4 is 23.9 Å². The molecule has 8 heteroatoms. The Morgan fingerprint density at radius 3 is 2.24 bits per heavy atom. The molecule has 1 saturated heterocycles. The second-order valence-electron chi connectivity index (χ2n) is 6.36. The molecule has 1 aliphatic heterocycles. The maximum absolute atomic E-state index is 13.7. The molecular weight excluding hydrogens is 379 g/mol. The van der Waals surface area contributed by atoms with Gasteiger partial charge in [0.1, 0.15) is 18.0 Å². The predicted molar refractivity (Wildman–Crippen MR) is 103 cm³/mol. The van der Waals surface area contributed by atoms with E-state index in [9.17, 15) is 18.8 Å². The lowest BCUT2D eigenvalue weighted by molar-refractivity contribution is -0.134. The van der Waals surface area contributed by atoms with Gasteiger partial charge in [0.25, 0.3) is 11.8 Å². The van der Waals surface area contributed by atoms with Crippen LogP contribution < -0.4 is 9.47 Å². The van der Waals surface area contributed by atoms with E-state index in [0.29, 0.717) is 22.6 Å². The number of urea groups is 1. The van der Waals surface area contributed by atoms with Crippen LogP contribution in [0.5, 0.6) is 11.5 Å². The van der Waals surface area contributed by atoms with Crippen molar-refractivity contribution in [1.29, 1.82) is 0 Å². The number of amides is 4. The van der Waals surface area contributed by atoms with E-state index in [4.69, 9.17) is 9.47 Å². The van der Waals surface area contributed by atoms with E-state index >= 15 is 0 Å². The normalized spacial score (nSPS) is 14.3. The average molecular weight is 398 g/mol. The van der Waals surface area contributed by atoms with Crippen molar-refractivity contribution in [1.82, 2.24) is 9.80 Å². The Hall–Kier alpha value is -3.68. The molecule has 0 aromatic heterocycles. The van der Waals surface area contributed by atoms with Gasteiger partial charge in [0.05, 0.1) is 7.11 Å². The van der Waals surface area contributed by atoms with Gasteiger partial charge in [-0.3, -0.25) is 19.4 Å². The Bertz CT molecular complexity index is 992. The number of halogens is 1. The number of rotatable bonds is 5. The first-order valence-electron chi connectivity index (χ1n) is 8.69. The Balaban J connectivity index is 1.86. The van der Waals surface area contributed by atoms with Gasteiger partial charge in [-0.05, 0) is 29.8 Å². The summed E-state index contributed by atoms with van der Waals surface area (Å²) in [7, 11) is 4.06. The molecule has 0 bridgehead atoms. The number of carbonyl (C=O) groups excluding carboxylic acids is 3. The van der Waals surface area contributed by atoms with Gasteiger partial charge in [-0.25, -0.2) is 9.18 Å². The van der Waals surface area contributed by atoms with E-state index in [1.807, 2.05) is 0 Å². The van der Waals surface area contributed by atoms with Crippen LogP contribution in [-0.4, -0.2) is 48.9 Å². The van der Waals surface area contributed by atoms with Crippen molar-refractivity contribution in [2.75, 3.05) is 21.2 Å². The van der Waals surface area contributed by atoms with Crippen molar-refractivity contribution in [2.45, 2.75) is 6.61 Å². The molecule has 4 amide bonds. The fourth-order valence-electron chi connectivity index (χ4n) is 2.81. The number of barbiturate groups is 1. The molecule has 1 fully saturated rings. The first-order valence-corrected chi connectivity index (χ1v) is 8.69. The smallest absolute Gasteiger partial charge is 0.333 e. The van der Waals surface area contributed by atoms with E-state index in [-0.39, 0.29) is 18.0 Å². The van der Waals surface area contributed by atoms with E-state index in [0.717, 1.165) is 9.80 Å². The molecule has 3 rings (SSSR count). The number of ether oxygens (including phenoxy) is 2. The van der Waals surface area contributed by atoms with Gasteiger partial charge in [0.15, 0.2) is 11.5 Å². The maximum Gasteiger partial charge on any atom is 0.333 e. The summed E-state index contributed by atoms with van der Waals surface area (Å²) in [5.41, 5.74) is 0.763. The fraction of sp³-hybridized carbons (Fsp3) is 0.190. The SMILES string of the molecule is COc1cc(C=C2C(=O)N(C)C(=O)N(C)C2=O)ccc1OCc1ccccc1F. The summed E-state index contributed by atoms with van der Waals surface area (Å²) in [6.45, 7) is 0.0120. The van der Waals surface area contributed by atoms with Crippen LogP contribution >= 0.6 is 0 Å². The van der Waals surface area contributed by atoms with Gasteiger partial charge in [-0.1, -0.05) is 24.3 Å². The van der Waals surface area contributed by atoms with E-state index < -0.39 is 17.8 Å². The van der Waals surface area contributed by atoms with Crippen molar-refractivity contribution in [2.24, 2.45) is 0 Å². The Morgan fingerprint density at radius 2 is 1.62 bits per heavy atom. The fourth-order valence-corrected chi connectivity index (χ4v) is 2.81. The number of hydrogen-bond acceptors (Lipinski definition) is 5. The first kappa shape index (κ1) is 20.1. The van der Waals surface area contributed by atoms with E-state index in [1.54, 1.807) is 36.4 Å². The second kappa shape index (κ2) is 8.14. The zero-order valence-electron chi connectivity index (χ0n) is 16.1. The van der Waals surface area contributed by atoms with Crippen LogP contribution in [0.3, 0.4) is 0 Å². The summed E-state index contributed by atoms with van der Waals surface area (Å²) in [6.07, 6.45) is 1.38. The molecule has 29 heavy (non-hydrogen) atoms. The van der Waals surface area contributed by atoms with Crippen LogP contribution in [0.25, 0.3) is 6.08 Å². The second-order valence-corrected chi connectivity index (χ2v) is 6.36. The highest BCUT2D eigenvalue weighted by molar-refractivity contribution is 6.30. The highest BCUT2D eigenvalue weighted by atomic mass is 19.1. The van der Waals surface area contributed by atoms with Crippen molar-refractivity contribution in [3.8, 4) is 11.5 Å². The molecule has 1 heterocycles. The summed E-state index contributed by atoms with van der Waals surface area (Å²) in [6, 6.07) is 10.4. The largest absolute Gasteiger partial charge is 0.493 e. The standard InChI is InChI=1S/C21H19FN2O5/c1-23-19(25)15(20(26)24(2)21(23)27)10-13-8-9-17(18(11-13)28-3)29-12-14-6-4-5-7-16(14)22/h4-11H,12H2,1-3H3. The molecule has 7 nitrogen and oxygen atoms in total. The summed E-state index contributed by atoms with van der Waals surface area (Å²) in [5.74, 6) is -1.01. The molecule has 0 aliphatic carbocycles. The van der Waals surface area contributed by atoms with Gasteiger partial charge < -0.3 is 9.47 Å². The van der Waals surface area contributed by atoms with Crippen molar-refractivity contribution in [3.63, 3.8) is 0 Å². The first-order chi connectivity index (χ1) is 13.8. The molecule has 0 radical (unpaired) electrons. The van der Waals surface area contributed by atoms with E-state index in [2.05, 4.69) is 0 Å². The van der Waals surface area contributed by atoms with Gasteiger partial charge in [0.2, 0.25) is 0 Å². The number of hydrogen-bond donors (Lipinski definition) is 0. The quantitative estimate of drug-likeness (QED) is 0.572. The molecule has 0 atom stereocenters. The van der Waals surface area contributed by atoms with Crippen LogP contribution in [0.2, 0.25) is 0 Å². The monoisotopic (exact) mass is 398 g/mol. The lowest BCUT2D eigenvalue weighted by atomic mass is 10.1. The maximum atomic E-state index is 13.7. The van der Waals surface area contributed by atoms with Gasteiger partial charge in [-0.15, -0.1) is 0 Å². The minimum Gasteiger partial charge on any atom is -0.493 e. The van der Waals surface area contributed by atoms with Gasteiger partial charge in [0, 0.05) is 19.7 Å². The zero-order valence-corrected chi connectivity index (χ0v) is 16.1. The summed E-state index contributed by atoms with van der Waals surface area (Å²) >= 11 is 0. The molecule has 0 spiro atoms. The molecule has 150 valence electrons. The number of nitrogens with zero attached hydrogens (tertiary/aromatic N) is 2. The number of likely N-dealkylation sites (N-methyl/N-ethyl adjacent to an activating group) is 2. The Kier molecular flexibility index (Phi) is 5.63. The van der Waals surface area contributed by atoms with Crippen molar-refractivity contribution in [3.05, 3.63) is 65.0 Å². The van der Waals surface area contributed by atoms with Crippen LogP contribution in [0.1, 0.15) is 11.1 Å². The van der Waals surface area contributed by atoms with E-state index in [1.165, 1.54) is 33.3 Å². The van der Waals surface area contributed by atoms with Crippen LogP contribution in [0.4, 0.5) is 9.18 Å². The third kappa shape index (κ3) is 3.96. The average Bonchev–Trinajstić information content (AvgIpc) is 2.73. The molecule has 2 aromatic rings. The molecule has 2 aromatic carbocycles. The van der Waals surface area contributed by atoms with Crippen LogP contribution in [-0.2, 0) is 16.2 Å². The van der Waals surface area contributed by atoms with Gasteiger partial charge >= 0.3 is 6.03 Å². The molecule has 1 aliphatic rings. The van der Waals surface area contributed by atoms with Crippen LogP contribution in [0.15, 0.2) is 48.0 Å². The minimum atomic E-state index is -0.688. The number of benzene rings is 2. The molecular formula is C21H19FN2O5. The highest BCUT2D eigenvalue weighted by Crippen LogP contribution is 2.30. The van der Waals surface area contributed by atoms with Crippen molar-refractivity contribution < 1.29 is 28.2 Å². The lowest BCUT2D eigenvalue weighted by Gasteiger charge is -2.28. The minimum absolute atomic E-state index is 0.0120. The zero-order chi connectivity index (χ0) is 21.1. The predicted octanol–water partition coefficient (Wildman–Crippen LogP) is 2.85. The number of imide groups is 2.